The number of halogens is 3. The fourth-order valence-electron chi connectivity index (χ4n) is 3.88. The zero-order valence-electron chi connectivity index (χ0n) is 19.1. The van der Waals surface area contributed by atoms with Crippen molar-refractivity contribution in [3.63, 3.8) is 0 Å². The molecule has 3 aromatic rings. The lowest BCUT2D eigenvalue weighted by Gasteiger charge is -2.29. The summed E-state index contributed by atoms with van der Waals surface area (Å²) in [7, 11) is 1.29. The van der Waals surface area contributed by atoms with Crippen LogP contribution in [0.25, 0.3) is 11.1 Å². The predicted molar refractivity (Wildman–Crippen MR) is 121 cm³/mol. The monoisotopic (exact) mass is 488 g/mol. The van der Waals surface area contributed by atoms with Gasteiger partial charge in [0, 0.05) is 24.8 Å². The van der Waals surface area contributed by atoms with E-state index in [4.69, 9.17) is 4.42 Å². The van der Waals surface area contributed by atoms with Crippen LogP contribution in [0.2, 0.25) is 0 Å². The number of oxazole rings is 1. The van der Waals surface area contributed by atoms with E-state index in [0.717, 1.165) is 18.4 Å². The van der Waals surface area contributed by atoms with Crippen LogP contribution in [0.15, 0.2) is 47.0 Å². The number of aromatic nitrogens is 2. The summed E-state index contributed by atoms with van der Waals surface area (Å²) in [5, 5.41) is 2.34. The lowest BCUT2D eigenvalue weighted by molar-refractivity contribution is -0.141. The second kappa shape index (κ2) is 9.77. The molecule has 0 saturated carbocycles. The highest BCUT2D eigenvalue weighted by molar-refractivity contribution is 6.02. The zero-order chi connectivity index (χ0) is 25.2. The van der Waals surface area contributed by atoms with Gasteiger partial charge in [-0.2, -0.15) is 18.2 Å². The molecule has 3 heterocycles. The minimum atomic E-state index is -4.86. The topological polar surface area (TPSA) is 97.6 Å². The van der Waals surface area contributed by atoms with Gasteiger partial charge in [0.1, 0.15) is 5.82 Å². The number of benzene rings is 1. The summed E-state index contributed by atoms with van der Waals surface area (Å²) >= 11 is 0. The number of rotatable bonds is 5. The molecule has 1 aliphatic rings. The molecule has 1 fully saturated rings. The summed E-state index contributed by atoms with van der Waals surface area (Å²) in [6, 6.07) is 9.48. The number of anilines is 2. The van der Waals surface area contributed by atoms with Gasteiger partial charge in [0.2, 0.25) is 5.76 Å². The van der Waals surface area contributed by atoms with E-state index >= 15 is 0 Å². The number of hydrogen-bond donors (Lipinski definition) is 1. The molecule has 2 aromatic heterocycles. The Morgan fingerprint density at radius 3 is 2.46 bits per heavy atom. The van der Waals surface area contributed by atoms with Crippen LogP contribution in [0.5, 0.6) is 0 Å². The molecule has 0 radical (unpaired) electrons. The van der Waals surface area contributed by atoms with Crippen molar-refractivity contribution in [2.45, 2.75) is 25.9 Å². The Kier molecular flexibility index (Phi) is 6.77. The van der Waals surface area contributed by atoms with Gasteiger partial charge in [-0.3, -0.25) is 4.79 Å². The lowest BCUT2D eigenvalue weighted by Crippen LogP contribution is -2.34. The molecule has 35 heavy (non-hydrogen) atoms. The van der Waals surface area contributed by atoms with Crippen LogP contribution >= 0.6 is 0 Å². The molecule has 1 N–H and O–H groups in total. The van der Waals surface area contributed by atoms with Crippen LogP contribution in [0, 0.1) is 5.92 Å². The maximum absolute atomic E-state index is 13.6. The first-order chi connectivity index (χ1) is 16.7. The number of carbonyl (C=O) groups is 2. The Morgan fingerprint density at radius 2 is 1.86 bits per heavy atom. The van der Waals surface area contributed by atoms with Crippen LogP contribution in [0.1, 0.15) is 46.4 Å². The van der Waals surface area contributed by atoms with Crippen molar-refractivity contribution >= 4 is 23.7 Å². The Labute approximate surface area is 199 Å². The number of piperidine rings is 1. The molecule has 1 saturated heterocycles. The molecule has 4 rings (SSSR count). The second-order valence-corrected chi connectivity index (χ2v) is 8.32. The molecule has 0 spiro atoms. The Balaban J connectivity index is 1.51. The van der Waals surface area contributed by atoms with E-state index in [-0.39, 0.29) is 17.8 Å². The van der Waals surface area contributed by atoms with Gasteiger partial charge in [-0.25, -0.2) is 9.78 Å². The standard InChI is InChI=1S/C24H23F3N4O4/c1-14-4-3-11-31(13-14)23-30-20(24(25,26)27)19(35-23)21(32)29-18-10-9-17(12-28-18)15-5-7-16(8-6-15)22(33)34-2/h5-10,12,14H,3-4,11,13H2,1-2H3,(H,28,29,32). The average molecular weight is 488 g/mol. The van der Waals surface area contributed by atoms with Crippen molar-refractivity contribution in [1.82, 2.24) is 9.97 Å². The van der Waals surface area contributed by atoms with E-state index in [9.17, 15) is 22.8 Å². The van der Waals surface area contributed by atoms with Gasteiger partial charge in [0.15, 0.2) is 5.69 Å². The van der Waals surface area contributed by atoms with Crippen LogP contribution < -0.4 is 10.2 Å². The molecule has 11 heteroatoms. The quantitative estimate of drug-likeness (QED) is 0.503. The summed E-state index contributed by atoms with van der Waals surface area (Å²) in [6.45, 7) is 3.01. The summed E-state index contributed by atoms with van der Waals surface area (Å²) < 4.78 is 50.7. The highest BCUT2D eigenvalue weighted by Gasteiger charge is 2.42. The molecule has 0 aliphatic carbocycles. The highest BCUT2D eigenvalue weighted by atomic mass is 19.4. The second-order valence-electron chi connectivity index (χ2n) is 8.32. The van der Waals surface area contributed by atoms with Crippen LogP contribution in [-0.4, -0.2) is 42.0 Å². The van der Waals surface area contributed by atoms with E-state index in [0.29, 0.717) is 24.2 Å². The number of hydrogen-bond acceptors (Lipinski definition) is 7. The summed E-state index contributed by atoms with van der Waals surface area (Å²) in [5.41, 5.74) is 0.444. The van der Waals surface area contributed by atoms with Gasteiger partial charge < -0.3 is 19.4 Å². The van der Waals surface area contributed by atoms with E-state index in [2.05, 4.69) is 20.0 Å². The molecule has 1 aromatic carbocycles. The van der Waals surface area contributed by atoms with E-state index in [1.165, 1.54) is 19.4 Å². The molecule has 184 valence electrons. The summed E-state index contributed by atoms with van der Waals surface area (Å²) in [4.78, 5) is 33.6. The molecule has 1 aliphatic heterocycles. The van der Waals surface area contributed by atoms with Crippen LogP contribution in [0.3, 0.4) is 0 Å². The normalized spacial score (nSPS) is 16.1. The third-order valence-electron chi connectivity index (χ3n) is 5.66. The SMILES string of the molecule is COC(=O)c1ccc(-c2ccc(NC(=O)c3oc(N4CCCC(C)C4)nc3C(F)(F)F)nc2)cc1. The van der Waals surface area contributed by atoms with Crippen molar-refractivity contribution < 1.29 is 31.9 Å². The molecule has 1 amide bonds. The van der Waals surface area contributed by atoms with E-state index < -0.39 is 29.5 Å². The van der Waals surface area contributed by atoms with Gasteiger partial charge in [0.25, 0.3) is 11.9 Å². The Hall–Kier alpha value is -3.89. The van der Waals surface area contributed by atoms with Crippen molar-refractivity contribution in [3.05, 3.63) is 59.6 Å². The smallest absolute Gasteiger partial charge is 0.437 e. The van der Waals surface area contributed by atoms with Gasteiger partial charge in [-0.05, 0) is 48.6 Å². The highest BCUT2D eigenvalue weighted by Crippen LogP contribution is 2.35. The number of pyridine rings is 1. The van der Waals surface area contributed by atoms with Gasteiger partial charge in [-0.1, -0.05) is 19.1 Å². The lowest BCUT2D eigenvalue weighted by atomic mass is 10.0. The van der Waals surface area contributed by atoms with Crippen LogP contribution in [0.4, 0.5) is 25.0 Å². The van der Waals surface area contributed by atoms with E-state index in [1.807, 2.05) is 6.92 Å². The van der Waals surface area contributed by atoms with Gasteiger partial charge >= 0.3 is 12.1 Å². The fraction of sp³-hybridized carbons (Fsp3) is 0.333. The molecular weight excluding hydrogens is 465 g/mol. The molecule has 8 nitrogen and oxygen atoms in total. The van der Waals surface area contributed by atoms with Crippen molar-refractivity contribution in [3.8, 4) is 11.1 Å². The first-order valence-corrected chi connectivity index (χ1v) is 10.9. The number of methoxy groups -OCH3 is 1. The zero-order valence-corrected chi connectivity index (χ0v) is 19.1. The van der Waals surface area contributed by atoms with E-state index in [1.54, 1.807) is 35.2 Å². The number of esters is 1. The minimum Gasteiger partial charge on any atom is -0.465 e. The molecule has 1 atom stereocenters. The molecular formula is C24H23F3N4O4. The van der Waals surface area contributed by atoms with Gasteiger partial charge in [0.05, 0.1) is 12.7 Å². The maximum atomic E-state index is 13.6. The summed E-state index contributed by atoms with van der Waals surface area (Å²) in [5.74, 6) is -2.14. The average Bonchev–Trinajstić information content (AvgIpc) is 3.31. The first kappa shape index (κ1) is 24.2. The third kappa shape index (κ3) is 5.44. The number of alkyl halides is 3. The number of carbonyl (C=O) groups excluding carboxylic acids is 2. The number of nitrogens with one attached hydrogen (secondary N) is 1. The Morgan fingerprint density at radius 1 is 1.14 bits per heavy atom. The van der Waals surface area contributed by atoms with Crippen molar-refractivity contribution in [2.75, 3.05) is 30.4 Å². The predicted octanol–water partition coefficient (Wildman–Crippen LogP) is 5.03. The Bertz CT molecular complexity index is 1210. The summed E-state index contributed by atoms with van der Waals surface area (Å²) in [6.07, 6.45) is -1.64. The fourth-order valence-corrected chi connectivity index (χ4v) is 3.88. The number of nitrogens with zero attached hydrogens (tertiary/aromatic N) is 3. The van der Waals surface area contributed by atoms with Crippen LogP contribution in [-0.2, 0) is 10.9 Å². The number of ether oxygens (including phenoxy) is 1. The largest absolute Gasteiger partial charge is 0.465 e. The van der Waals surface area contributed by atoms with Crippen molar-refractivity contribution in [2.24, 2.45) is 5.92 Å². The van der Waals surface area contributed by atoms with Crippen molar-refractivity contribution in [1.29, 1.82) is 0 Å². The minimum absolute atomic E-state index is 0.0441. The maximum Gasteiger partial charge on any atom is 0.437 e. The third-order valence-corrected chi connectivity index (χ3v) is 5.66. The number of amides is 1. The molecule has 1 unspecified atom stereocenters. The molecule has 0 bridgehead atoms. The first-order valence-electron chi connectivity index (χ1n) is 10.9. The van der Waals surface area contributed by atoms with Gasteiger partial charge in [-0.15, -0.1) is 0 Å².